The molecule has 7 nitrogen and oxygen atoms in total. The molecule has 2 aromatic heterocycles. The Kier molecular flexibility index (Phi) is 4.87. The van der Waals surface area contributed by atoms with E-state index < -0.39 is 17.7 Å². The number of likely N-dealkylation sites (tertiary alicyclic amines) is 1. The Bertz CT molecular complexity index is 1070. The van der Waals surface area contributed by atoms with Gasteiger partial charge >= 0.3 is 0 Å². The lowest BCUT2D eigenvalue weighted by molar-refractivity contribution is -0.140. The van der Waals surface area contributed by atoms with Gasteiger partial charge in [0.25, 0.3) is 11.7 Å². The SMILES string of the molecule is COc1ccccc1/C(O)=C1/C(=O)C(=O)N(Cc2ccco2)C1c1ccncc1. The van der Waals surface area contributed by atoms with E-state index in [1.807, 2.05) is 0 Å². The van der Waals surface area contributed by atoms with E-state index >= 15 is 0 Å². The Morgan fingerprint density at radius 3 is 2.59 bits per heavy atom. The molecule has 1 saturated heterocycles. The summed E-state index contributed by atoms with van der Waals surface area (Å²) in [6.45, 7) is 0.0905. The lowest BCUT2D eigenvalue weighted by Crippen LogP contribution is -2.29. The Morgan fingerprint density at radius 2 is 1.90 bits per heavy atom. The largest absolute Gasteiger partial charge is 0.507 e. The highest BCUT2D eigenvalue weighted by Crippen LogP contribution is 2.41. The molecule has 1 unspecified atom stereocenters. The molecule has 1 aromatic carbocycles. The molecule has 1 atom stereocenters. The van der Waals surface area contributed by atoms with Gasteiger partial charge in [-0.15, -0.1) is 0 Å². The molecule has 29 heavy (non-hydrogen) atoms. The number of amides is 1. The van der Waals surface area contributed by atoms with Gasteiger partial charge in [0.1, 0.15) is 17.3 Å². The van der Waals surface area contributed by atoms with E-state index in [0.717, 1.165) is 0 Å². The van der Waals surface area contributed by atoms with E-state index in [4.69, 9.17) is 9.15 Å². The fourth-order valence-electron chi connectivity index (χ4n) is 3.49. The zero-order valence-corrected chi connectivity index (χ0v) is 15.6. The van der Waals surface area contributed by atoms with Crippen LogP contribution >= 0.6 is 0 Å². The van der Waals surface area contributed by atoms with Crippen LogP contribution in [0, 0.1) is 0 Å². The lowest BCUT2D eigenvalue weighted by Gasteiger charge is -2.24. The summed E-state index contributed by atoms with van der Waals surface area (Å²) in [5.74, 6) is -0.829. The predicted molar refractivity (Wildman–Crippen MR) is 104 cm³/mol. The maximum atomic E-state index is 12.9. The van der Waals surface area contributed by atoms with Crippen molar-refractivity contribution in [1.29, 1.82) is 0 Å². The number of aliphatic hydroxyl groups is 1. The van der Waals surface area contributed by atoms with Gasteiger partial charge in [0, 0.05) is 12.4 Å². The predicted octanol–water partition coefficient (Wildman–Crippen LogP) is 3.31. The van der Waals surface area contributed by atoms with Crippen LogP contribution in [0.4, 0.5) is 0 Å². The molecule has 1 fully saturated rings. The second-order valence-electron chi connectivity index (χ2n) is 6.49. The van der Waals surface area contributed by atoms with Crippen molar-refractivity contribution in [3.05, 3.63) is 89.6 Å². The van der Waals surface area contributed by atoms with Crippen LogP contribution in [0.2, 0.25) is 0 Å². The average Bonchev–Trinajstić information content (AvgIpc) is 3.36. The van der Waals surface area contributed by atoms with E-state index in [9.17, 15) is 14.7 Å². The smallest absolute Gasteiger partial charge is 0.296 e. The van der Waals surface area contributed by atoms with E-state index in [1.165, 1.54) is 18.3 Å². The topological polar surface area (TPSA) is 92.9 Å². The summed E-state index contributed by atoms with van der Waals surface area (Å²) in [5.41, 5.74) is 0.990. The van der Waals surface area contributed by atoms with Gasteiger partial charge in [0.05, 0.1) is 37.1 Å². The van der Waals surface area contributed by atoms with Crippen molar-refractivity contribution in [1.82, 2.24) is 9.88 Å². The van der Waals surface area contributed by atoms with Gasteiger partial charge < -0.3 is 19.2 Å². The monoisotopic (exact) mass is 390 g/mol. The van der Waals surface area contributed by atoms with Gasteiger partial charge in [-0.1, -0.05) is 12.1 Å². The molecule has 4 rings (SSSR count). The van der Waals surface area contributed by atoms with Crippen LogP contribution in [0.3, 0.4) is 0 Å². The lowest BCUT2D eigenvalue weighted by atomic mass is 9.95. The van der Waals surface area contributed by atoms with Crippen LogP contribution in [0.15, 0.2) is 77.2 Å². The maximum Gasteiger partial charge on any atom is 0.296 e. The number of nitrogens with zero attached hydrogens (tertiary/aromatic N) is 2. The quantitative estimate of drug-likeness (QED) is 0.408. The molecule has 3 aromatic rings. The van der Waals surface area contributed by atoms with E-state index in [2.05, 4.69) is 4.98 Å². The van der Waals surface area contributed by atoms with Gasteiger partial charge in [-0.3, -0.25) is 14.6 Å². The zero-order chi connectivity index (χ0) is 20.4. The zero-order valence-electron chi connectivity index (χ0n) is 15.6. The third kappa shape index (κ3) is 3.27. The maximum absolute atomic E-state index is 12.9. The molecule has 3 heterocycles. The Balaban J connectivity index is 1.89. The summed E-state index contributed by atoms with van der Waals surface area (Å²) in [4.78, 5) is 31.2. The van der Waals surface area contributed by atoms with Crippen molar-refractivity contribution < 1.29 is 23.8 Å². The van der Waals surface area contributed by atoms with Gasteiger partial charge in [0.15, 0.2) is 0 Å². The van der Waals surface area contributed by atoms with Gasteiger partial charge in [-0.25, -0.2) is 0 Å². The number of benzene rings is 1. The number of methoxy groups -OCH3 is 1. The molecule has 0 saturated carbocycles. The van der Waals surface area contributed by atoms with Crippen LogP contribution in [-0.2, 0) is 16.1 Å². The van der Waals surface area contributed by atoms with Crippen LogP contribution in [0.5, 0.6) is 5.75 Å². The number of ketones is 1. The van der Waals surface area contributed by atoms with Gasteiger partial charge in [0.2, 0.25) is 0 Å². The number of rotatable bonds is 5. The molecule has 146 valence electrons. The first-order valence-electron chi connectivity index (χ1n) is 8.96. The first-order valence-corrected chi connectivity index (χ1v) is 8.96. The molecular formula is C22H18N2O5. The van der Waals surface area contributed by atoms with E-state index in [1.54, 1.807) is 60.9 Å². The second kappa shape index (κ2) is 7.63. The number of pyridine rings is 1. The summed E-state index contributed by atoms with van der Waals surface area (Å²) in [7, 11) is 1.47. The highest BCUT2D eigenvalue weighted by Gasteiger charge is 2.46. The standard InChI is InChI=1S/C22H18N2O5/c1-28-17-7-3-2-6-16(17)20(25)18-19(14-8-10-23-11-9-14)24(22(27)21(18)26)13-15-5-4-12-29-15/h2-12,19,25H,13H2,1H3/b20-18-. The molecule has 0 spiro atoms. The molecular weight excluding hydrogens is 372 g/mol. The van der Waals surface area contributed by atoms with Crippen molar-refractivity contribution in [3.8, 4) is 5.75 Å². The van der Waals surface area contributed by atoms with Crippen LogP contribution in [0.1, 0.15) is 22.9 Å². The summed E-state index contributed by atoms with van der Waals surface area (Å²) in [5, 5.41) is 11.1. The minimum Gasteiger partial charge on any atom is -0.507 e. The third-order valence-corrected chi connectivity index (χ3v) is 4.83. The summed E-state index contributed by atoms with van der Waals surface area (Å²) >= 11 is 0. The molecule has 0 radical (unpaired) electrons. The number of hydrogen-bond donors (Lipinski definition) is 1. The van der Waals surface area contributed by atoms with Crippen molar-refractivity contribution >= 4 is 17.4 Å². The fraction of sp³-hybridized carbons (Fsp3) is 0.136. The molecule has 0 bridgehead atoms. The van der Waals surface area contributed by atoms with Crippen LogP contribution in [0.25, 0.3) is 5.76 Å². The number of aromatic nitrogens is 1. The summed E-state index contributed by atoms with van der Waals surface area (Å²) in [6.07, 6.45) is 4.65. The van der Waals surface area contributed by atoms with Crippen LogP contribution in [-0.4, -0.2) is 33.8 Å². The molecule has 1 amide bonds. The Labute approximate surface area is 166 Å². The first-order chi connectivity index (χ1) is 14.1. The summed E-state index contributed by atoms with van der Waals surface area (Å²) < 4.78 is 10.7. The number of ether oxygens (including phenoxy) is 1. The molecule has 0 aliphatic carbocycles. The number of carbonyl (C=O) groups is 2. The Morgan fingerprint density at radius 1 is 1.14 bits per heavy atom. The number of carbonyl (C=O) groups excluding carboxylic acids is 2. The van der Waals surface area contributed by atoms with Crippen molar-refractivity contribution in [2.24, 2.45) is 0 Å². The molecule has 7 heteroatoms. The van der Waals surface area contributed by atoms with Gasteiger partial charge in [-0.2, -0.15) is 0 Å². The van der Waals surface area contributed by atoms with Gasteiger partial charge in [-0.05, 0) is 42.0 Å². The number of hydrogen-bond acceptors (Lipinski definition) is 6. The fourth-order valence-corrected chi connectivity index (χ4v) is 3.49. The normalized spacial score (nSPS) is 18.2. The highest BCUT2D eigenvalue weighted by atomic mass is 16.5. The number of furan rings is 1. The molecule has 1 N–H and O–H groups in total. The number of Topliss-reactive ketones (excluding diaryl/α,β-unsaturated/α-hetero) is 1. The van der Waals surface area contributed by atoms with Crippen molar-refractivity contribution in [2.75, 3.05) is 7.11 Å². The van der Waals surface area contributed by atoms with Crippen molar-refractivity contribution in [3.63, 3.8) is 0 Å². The number of aliphatic hydroxyl groups excluding tert-OH is 1. The number of para-hydroxylation sites is 1. The molecule has 1 aliphatic heterocycles. The van der Waals surface area contributed by atoms with Crippen molar-refractivity contribution in [2.45, 2.75) is 12.6 Å². The van der Waals surface area contributed by atoms with E-state index in [-0.39, 0.29) is 17.9 Å². The Hall–Kier alpha value is -3.87. The molecule has 1 aliphatic rings. The summed E-state index contributed by atoms with van der Waals surface area (Å²) in [6, 6.07) is 12.9. The first kappa shape index (κ1) is 18.5. The highest BCUT2D eigenvalue weighted by molar-refractivity contribution is 6.46. The average molecular weight is 390 g/mol. The second-order valence-corrected chi connectivity index (χ2v) is 6.49. The third-order valence-electron chi connectivity index (χ3n) is 4.83. The van der Waals surface area contributed by atoms with E-state index in [0.29, 0.717) is 22.6 Å². The minimum atomic E-state index is -0.784. The van der Waals surface area contributed by atoms with Crippen LogP contribution < -0.4 is 4.74 Å². The minimum absolute atomic E-state index is 0.00254.